The van der Waals surface area contributed by atoms with E-state index in [1.807, 2.05) is 18.2 Å². The molecule has 2 atom stereocenters. The van der Waals surface area contributed by atoms with Crippen LogP contribution in [0.5, 0.6) is 0 Å². The molecule has 1 heterocycles. The predicted molar refractivity (Wildman–Crippen MR) is 74.5 cm³/mol. The molecule has 0 bridgehead atoms. The minimum absolute atomic E-state index is 0.0310. The largest absolute Gasteiger partial charge is 0.376 e. The second-order valence-electron chi connectivity index (χ2n) is 5.77. The highest BCUT2D eigenvalue weighted by Gasteiger charge is 2.46. The molecule has 0 saturated carbocycles. The molecule has 3 nitrogen and oxygen atoms in total. The summed E-state index contributed by atoms with van der Waals surface area (Å²) in [5, 5.41) is 3.09. The first kappa shape index (κ1) is 12.4. The lowest BCUT2D eigenvalue weighted by Gasteiger charge is -2.21. The average Bonchev–Trinajstić information content (AvgIpc) is 2.83. The summed E-state index contributed by atoms with van der Waals surface area (Å²) in [7, 11) is 0. The molecule has 0 spiro atoms. The Balaban J connectivity index is 2.06. The van der Waals surface area contributed by atoms with Crippen molar-refractivity contribution in [3.8, 4) is 0 Å². The Morgan fingerprint density at radius 1 is 1.37 bits per heavy atom. The van der Waals surface area contributed by atoms with Crippen molar-refractivity contribution in [1.29, 1.82) is 0 Å². The van der Waals surface area contributed by atoms with Gasteiger partial charge in [0.15, 0.2) is 0 Å². The molecule has 1 aromatic rings. The number of hydrogen-bond acceptors (Lipinski definition) is 2. The first-order valence-electron chi connectivity index (χ1n) is 6.74. The maximum Gasteiger partial charge on any atom is 0.217 e. The molecule has 3 rings (SSSR count). The van der Waals surface area contributed by atoms with Crippen LogP contribution in [0.2, 0.25) is 0 Å². The number of amides is 1. The smallest absolute Gasteiger partial charge is 0.217 e. The number of benzene rings is 1. The summed E-state index contributed by atoms with van der Waals surface area (Å²) in [6, 6.07) is 10.4. The molecule has 1 saturated heterocycles. The Hall–Kier alpha value is -1.61. The second-order valence-corrected chi connectivity index (χ2v) is 5.77. The van der Waals surface area contributed by atoms with Gasteiger partial charge in [-0.05, 0) is 23.1 Å². The summed E-state index contributed by atoms with van der Waals surface area (Å²) in [5.41, 5.74) is 3.90. The van der Waals surface area contributed by atoms with E-state index >= 15 is 0 Å². The summed E-state index contributed by atoms with van der Waals surface area (Å²) in [5.74, 6) is 0.0310. The van der Waals surface area contributed by atoms with Gasteiger partial charge in [0.1, 0.15) is 0 Å². The first-order valence-corrected chi connectivity index (χ1v) is 6.74. The van der Waals surface area contributed by atoms with Crippen molar-refractivity contribution >= 4 is 11.5 Å². The van der Waals surface area contributed by atoms with Crippen LogP contribution in [-0.4, -0.2) is 25.2 Å². The second kappa shape index (κ2) is 4.49. The number of carbonyl (C=O) groups excluding carboxylic acids is 1. The zero-order chi connectivity index (χ0) is 13.5. The average molecular weight is 257 g/mol. The number of fused-ring (bicyclic) bond motifs is 1. The molecule has 1 aliphatic heterocycles. The van der Waals surface area contributed by atoms with E-state index < -0.39 is 0 Å². The molecule has 1 N–H and O–H groups in total. The molecule has 1 aliphatic carbocycles. The minimum Gasteiger partial charge on any atom is -0.376 e. The van der Waals surface area contributed by atoms with Crippen molar-refractivity contribution in [1.82, 2.24) is 5.32 Å². The molecule has 19 heavy (non-hydrogen) atoms. The van der Waals surface area contributed by atoms with E-state index in [-0.39, 0.29) is 17.4 Å². The quantitative estimate of drug-likeness (QED) is 0.883. The van der Waals surface area contributed by atoms with Gasteiger partial charge in [0, 0.05) is 12.3 Å². The van der Waals surface area contributed by atoms with Crippen LogP contribution in [0.25, 0.3) is 5.57 Å². The van der Waals surface area contributed by atoms with Crippen molar-refractivity contribution in [3.63, 3.8) is 0 Å². The highest BCUT2D eigenvalue weighted by molar-refractivity contribution is 5.82. The van der Waals surface area contributed by atoms with Crippen LogP contribution < -0.4 is 5.32 Å². The fourth-order valence-corrected chi connectivity index (χ4v) is 3.35. The van der Waals surface area contributed by atoms with Crippen LogP contribution in [0.4, 0.5) is 0 Å². The third-order valence-electron chi connectivity index (χ3n) is 4.19. The number of carbonyl (C=O) groups is 1. The van der Waals surface area contributed by atoms with Crippen LogP contribution in [0.3, 0.4) is 0 Å². The third kappa shape index (κ3) is 2.08. The Morgan fingerprint density at radius 3 is 2.79 bits per heavy atom. The van der Waals surface area contributed by atoms with Gasteiger partial charge in [-0.2, -0.15) is 0 Å². The molecule has 1 aromatic carbocycles. The van der Waals surface area contributed by atoms with Gasteiger partial charge in [-0.1, -0.05) is 37.3 Å². The molecule has 0 aromatic heterocycles. The van der Waals surface area contributed by atoms with Gasteiger partial charge in [0.05, 0.1) is 19.3 Å². The maximum atomic E-state index is 11.4. The predicted octanol–water partition coefficient (Wildman–Crippen LogP) is 2.39. The van der Waals surface area contributed by atoms with Gasteiger partial charge in [-0.25, -0.2) is 0 Å². The van der Waals surface area contributed by atoms with E-state index in [1.165, 1.54) is 16.7 Å². The van der Waals surface area contributed by atoms with Gasteiger partial charge in [0.25, 0.3) is 0 Å². The number of ether oxygens (including phenoxy) is 1. The molecule has 2 aliphatic rings. The van der Waals surface area contributed by atoms with Crippen LogP contribution in [-0.2, 0) is 9.53 Å². The zero-order valence-electron chi connectivity index (χ0n) is 11.4. The van der Waals surface area contributed by atoms with Crippen molar-refractivity contribution in [2.24, 2.45) is 5.41 Å². The van der Waals surface area contributed by atoms with Gasteiger partial charge in [0.2, 0.25) is 5.91 Å². The fraction of sp³-hybridized carbons (Fsp3) is 0.438. The number of nitrogens with one attached hydrogen (secondary N) is 1. The number of hydrogen-bond donors (Lipinski definition) is 1. The lowest BCUT2D eigenvalue weighted by Crippen LogP contribution is -2.34. The monoisotopic (exact) mass is 257 g/mol. The van der Waals surface area contributed by atoms with Gasteiger partial charge in [-0.15, -0.1) is 0 Å². The van der Waals surface area contributed by atoms with Crippen LogP contribution in [0, 0.1) is 5.41 Å². The summed E-state index contributed by atoms with van der Waals surface area (Å²) >= 11 is 0. The topological polar surface area (TPSA) is 38.3 Å². The maximum absolute atomic E-state index is 11.4. The molecule has 100 valence electrons. The SMILES string of the molecule is CC(=O)N[C@H]1C[C@@]2(C)COCC2=C1c1ccccc1. The molecule has 3 heteroatoms. The van der Waals surface area contributed by atoms with Gasteiger partial charge < -0.3 is 10.1 Å². The van der Waals surface area contributed by atoms with Crippen molar-refractivity contribution in [2.75, 3.05) is 13.2 Å². The van der Waals surface area contributed by atoms with Crippen molar-refractivity contribution in [3.05, 3.63) is 41.5 Å². The number of rotatable bonds is 2. The third-order valence-corrected chi connectivity index (χ3v) is 4.19. The Bertz CT molecular complexity index is 535. The first-order chi connectivity index (χ1) is 9.10. The van der Waals surface area contributed by atoms with Crippen molar-refractivity contribution < 1.29 is 9.53 Å². The highest BCUT2D eigenvalue weighted by Crippen LogP contribution is 2.50. The van der Waals surface area contributed by atoms with Gasteiger partial charge >= 0.3 is 0 Å². The summed E-state index contributed by atoms with van der Waals surface area (Å²) in [6.45, 7) is 5.27. The summed E-state index contributed by atoms with van der Waals surface area (Å²) in [4.78, 5) is 11.4. The molecule has 0 unspecified atom stereocenters. The van der Waals surface area contributed by atoms with Crippen molar-refractivity contribution in [2.45, 2.75) is 26.3 Å². The lowest BCUT2D eigenvalue weighted by molar-refractivity contribution is -0.119. The highest BCUT2D eigenvalue weighted by atomic mass is 16.5. The molecular weight excluding hydrogens is 238 g/mol. The van der Waals surface area contributed by atoms with E-state index in [0.717, 1.165) is 13.0 Å². The zero-order valence-corrected chi connectivity index (χ0v) is 11.4. The Morgan fingerprint density at radius 2 is 2.11 bits per heavy atom. The van der Waals surface area contributed by atoms with E-state index in [4.69, 9.17) is 4.74 Å². The molecule has 0 radical (unpaired) electrons. The standard InChI is InChI=1S/C16H19NO2/c1-11(18)17-14-8-16(2)10-19-9-13(16)15(14)12-6-4-3-5-7-12/h3-7,14H,8-10H2,1-2H3,(H,17,18)/t14-,16-/m0/s1. The lowest BCUT2D eigenvalue weighted by atomic mass is 9.86. The van der Waals surface area contributed by atoms with E-state index in [2.05, 4.69) is 24.4 Å². The summed E-state index contributed by atoms with van der Waals surface area (Å²) < 4.78 is 5.65. The molecular formula is C16H19NO2. The molecule has 1 fully saturated rings. The van der Waals surface area contributed by atoms with E-state index in [1.54, 1.807) is 6.92 Å². The summed E-state index contributed by atoms with van der Waals surface area (Å²) in [6.07, 6.45) is 0.937. The minimum atomic E-state index is 0.0310. The van der Waals surface area contributed by atoms with E-state index in [0.29, 0.717) is 6.61 Å². The van der Waals surface area contributed by atoms with E-state index in [9.17, 15) is 4.79 Å². The van der Waals surface area contributed by atoms with Crippen LogP contribution in [0.1, 0.15) is 25.8 Å². The van der Waals surface area contributed by atoms with Gasteiger partial charge in [-0.3, -0.25) is 4.79 Å². The normalized spacial score (nSPS) is 29.5. The van der Waals surface area contributed by atoms with Crippen LogP contribution in [0.15, 0.2) is 35.9 Å². The Kier molecular flexibility index (Phi) is 2.94. The molecule has 1 amide bonds. The van der Waals surface area contributed by atoms with Crippen LogP contribution >= 0.6 is 0 Å². The Labute approximate surface area is 113 Å². The fourth-order valence-electron chi connectivity index (χ4n) is 3.35.